The number of benzene rings is 2. The van der Waals surface area contributed by atoms with Crippen LogP contribution in [0.2, 0.25) is 0 Å². The molecule has 3 heterocycles. The Morgan fingerprint density at radius 1 is 1.00 bits per heavy atom. The molecular weight excluding hydrogens is 452 g/mol. The number of nitriles is 1. The maximum Gasteiger partial charge on any atom is 0.231 e. The van der Waals surface area contributed by atoms with Crippen molar-refractivity contribution in [3.63, 3.8) is 0 Å². The van der Waals surface area contributed by atoms with E-state index in [1.165, 1.54) is 12.1 Å². The molecule has 1 aromatic heterocycles. The predicted molar refractivity (Wildman–Crippen MR) is 123 cm³/mol. The van der Waals surface area contributed by atoms with Crippen molar-refractivity contribution < 1.29 is 23.0 Å². The summed E-state index contributed by atoms with van der Waals surface area (Å²) in [5.74, 6) is -0.716. The van der Waals surface area contributed by atoms with Crippen LogP contribution in [0, 0.1) is 23.0 Å². The van der Waals surface area contributed by atoms with Gasteiger partial charge in [-0.05, 0) is 54.8 Å². The number of ketones is 1. The molecule has 0 amide bonds. The van der Waals surface area contributed by atoms with Crippen LogP contribution in [-0.2, 0) is 4.79 Å². The van der Waals surface area contributed by atoms with Crippen molar-refractivity contribution in [3.8, 4) is 17.6 Å². The monoisotopic (exact) mass is 471 g/mol. The molecule has 6 rings (SSSR count). The Kier molecular flexibility index (Phi) is 4.92. The second kappa shape index (κ2) is 8.13. The maximum atomic E-state index is 15.2. The number of anilines is 1. The third kappa shape index (κ3) is 3.31. The molecule has 1 aliphatic carbocycles. The minimum atomic E-state index is -0.779. The largest absolute Gasteiger partial charge is 0.454 e. The number of ether oxygens (including phenoxy) is 2. The first kappa shape index (κ1) is 21.2. The molecule has 2 aliphatic heterocycles. The van der Waals surface area contributed by atoms with Crippen molar-refractivity contribution in [2.75, 3.05) is 11.7 Å². The molecule has 174 valence electrons. The molecular formula is C27H19F2N3O3. The van der Waals surface area contributed by atoms with E-state index in [2.05, 4.69) is 6.07 Å². The molecule has 1 atom stereocenters. The number of allylic oxidation sites excluding steroid dienone is 3. The van der Waals surface area contributed by atoms with Crippen molar-refractivity contribution in [1.82, 2.24) is 4.57 Å². The van der Waals surface area contributed by atoms with Crippen molar-refractivity contribution >= 4 is 17.3 Å². The molecule has 2 aromatic carbocycles. The highest BCUT2D eigenvalue weighted by Crippen LogP contribution is 2.50. The van der Waals surface area contributed by atoms with E-state index in [1.54, 1.807) is 46.1 Å². The van der Waals surface area contributed by atoms with Crippen LogP contribution < -0.4 is 14.4 Å². The summed E-state index contributed by atoms with van der Waals surface area (Å²) in [4.78, 5) is 15.0. The normalized spacial score (nSPS) is 19.2. The van der Waals surface area contributed by atoms with Gasteiger partial charge in [-0.15, -0.1) is 0 Å². The van der Waals surface area contributed by atoms with E-state index >= 15 is 4.39 Å². The van der Waals surface area contributed by atoms with Gasteiger partial charge in [-0.1, -0.05) is 6.07 Å². The number of carbonyl (C=O) groups is 1. The average molecular weight is 471 g/mol. The van der Waals surface area contributed by atoms with Crippen molar-refractivity contribution in [3.05, 3.63) is 95.0 Å². The first-order chi connectivity index (χ1) is 17.1. The molecule has 0 radical (unpaired) electrons. The van der Waals surface area contributed by atoms with Gasteiger partial charge in [0.1, 0.15) is 17.5 Å². The van der Waals surface area contributed by atoms with E-state index in [9.17, 15) is 14.4 Å². The van der Waals surface area contributed by atoms with Crippen LogP contribution in [0.4, 0.5) is 14.5 Å². The number of carbonyl (C=O) groups excluding carboxylic acids is 1. The van der Waals surface area contributed by atoms with Gasteiger partial charge in [0, 0.05) is 36.2 Å². The lowest BCUT2D eigenvalue weighted by atomic mass is 9.75. The average Bonchev–Trinajstić information content (AvgIpc) is 3.55. The van der Waals surface area contributed by atoms with Gasteiger partial charge in [0.25, 0.3) is 0 Å². The van der Waals surface area contributed by atoms with Gasteiger partial charge in [0.2, 0.25) is 6.79 Å². The van der Waals surface area contributed by atoms with Gasteiger partial charge in [-0.25, -0.2) is 8.78 Å². The van der Waals surface area contributed by atoms with Gasteiger partial charge in [0.15, 0.2) is 17.3 Å². The first-order valence-corrected chi connectivity index (χ1v) is 11.3. The number of rotatable bonds is 3. The topological polar surface area (TPSA) is 67.5 Å². The maximum absolute atomic E-state index is 15.2. The summed E-state index contributed by atoms with van der Waals surface area (Å²) in [7, 11) is 0. The molecule has 0 spiro atoms. The third-order valence-electron chi connectivity index (χ3n) is 6.58. The van der Waals surface area contributed by atoms with E-state index in [4.69, 9.17) is 9.47 Å². The Labute approximate surface area is 199 Å². The van der Waals surface area contributed by atoms with Crippen molar-refractivity contribution in [2.24, 2.45) is 0 Å². The Bertz CT molecular complexity index is 1470. The van der Waals surface area contributed by atoms with Crippen LogP contribution in [0.1, 0.15) is 30.7 Å². The van der Waals surface area contributed by atoms with Crippen LogP contribution >= 0.6 is 0 Å². The minimum Gasteiger partial charge on any atom is -0.454 e. The van der Waals surface area contributed by atoms with E-state index < -0.39 is 17.6 Å². The molecule has 0 fully saturated rings. The fraction of sp³-hybridized carbons (Fsp3) is 0.185. The zero-order valence-electron chi connectivity index (χ0n) is 18.5. The summed E-state index contributed by atoms with van der Waals surface area (Å²) in [6.07, 6.45) is 4.94. The standard InChI is InChI=1S/C27H19F2N3O3/c28-17-7-8-20(19(29)13-17)32-21-4-3-5-22(33)26(21)25(16-6-9-23-24(12-16)35-15-34-23)18(14-30)27(32)31-10-1-2-11-31/h1-2,6-13,25H,3-5,15H2/t25-/m0/s1. The van der Waals surface area contributed by atoms with Crippen molar-refractivity contribution in [1.29, 1.82) is 5.26 Å². The summed E-state index contributed by atoms with van der Waals surface area (Å²) in [6, 6.07) is 14.6. The number of halogens is 2. The molecule has 3 aromatic rings. The SMILES string of the molecule is N#CC1=C(n2cccc2)N(c2ccc(F)cc2F)C2=C(C(=O)CCC2)[C@H]1c1ccc2c(c1)OCO2. The number of hydrogen-bond acceptors (Lipinski definition) is 5. The molecule has 35 heavy (non-hydrogen) atoms. The second-order valence-corrected chi connectivity index (χ2v) is 8.55. The zero-order chi connectivity index (χ0) is 24.1. The van der Waals surface area contributed by atoms with Gasteiger partial charge >= 0.3 is 0 Å². The van der Waals surface area contributed by atoms with Crippen LogP contribution in [0.25, 0.3) is 5.82 Å². The number of aromatic nitrogens is 1. The van der Waals surface area contributed by atoms with E-state index in [1.807, 2.05) is 6.07 Å². The Morgan fingerprint density at radius 3 is 2.57 bits per heavy atom. The Morgan fingerprint density at radius 2 is 1.80 bits per heavy atom. The molecule has 0 N–H and O–H groups in total. The highest BCUT2D eigenvalue weighted by atomic mass is 19.1. The predicted octanol–water partition coefficient (Wildman–Crippen LogP) is 5.50. The van der Waals surface area contributed by atoms with Crippen LogP contribution in [-0.4, -0.2) is 17.1 Å². The van der Waals surface area contributed by atoms with Gasteiger partial charge in [-0.3, -0.25) is 9.69 Å². The fourth-order valence-electron chi connectivity index (χ4n) is 5.12. The molecule has 3 aliphatic rings. The fourth-order valence-corrected chi connectivity index (χ4v) is 5.12. The number of nitrogens with zero attached hydrogens (tertiary/aromatic N) is 3. The number of fused-ring (bicyclic) bond motifs is 1. The van der Waals surface area contributed by atoms with Gasteiger partial charge in [-0.2, -0.15) is 5.26 Å². The van der Waals surface area contributed by atoms with E-state index in [-0.39, 0.29) is 23.8 Å². The Balaban J connectivity index is 1.66. The highest BCUT2D eigenvalue weighted by Gasteiger charge is 2.42. The zero-order valence-corrected chi connectivity index (χ0v) is 18.5. The number of hydrogen-bond donors (Lipinski definition) is 0. The molecule has 0 unspecified atom stereocenters. The van der Waals surface area contributed by atoms with Gasteiger partial charge < -0.3 is 14.0 Å². The summed E-state index contributed by atoms with van der Waals surface area (Å²) >= 11 is 0. The van der Waals surface area contributed by atoms with Crippen LogP contribution in [0.15, 0.2) is 77.8 Å². The molecule has 0 saturated carbocycles. The lowest BCUT2D eigenvalue weighted by molar-refractivity contribution is -0.116. The first-order valence-electron chi connectivity index (χ1n) is 11.3. The van der Waals surface area contributed by atoms with Crippen LogP contribution in [0.5, 0.6) is 11.5 Å². The third-order valence-corrected chi connectivity index (χ3v) is 6.58. The summed E-state index contributed by atoms with van der Waals surface area (Å²) in [5.41, 5.74) is 2.12. The lowest BCUT2D eigenvalue weighted by Gasteiger charge is -2.41. The minimum absolute atomic E-state index is 0.0780. The van der Waals surface area contributed by atoms with E-state index in [0.717, 1.165) is 6.07 Å². The molecule has 6 nitrogen and oxygen atoms in total. The summed E-state index contributed by atoms with van der Waals surface area (Å²) in [5, 5.41) is 10.4. The summed E-state index contributed by atoms with van der Waals surface area (Å²) in [6.45, 7) is 0.101. The summed E-state index contributed by atoms with van der Waals surface area (Å²) < 4.78 is 41.7. The lowest BCUT2D eigenvalue weighted by Crippen LogP contribution is -2.37. The molecule has 0 bridgehead atoms. The van der Waals surface area contributed by atoms with E-state index in [0.29, 0.717) is 53.4 Å². The van der Waals surface area contributed by atoms with Gasteiger partial charge in [0.05, 0.1) is 23.2 Å². The quantitative estimate of drug-likeness (QED) is 0.505. The van der Waals surface area contributed by atoms with Crippen molar-refractivity contribution in [2.45, 2.75) is 25.2 Å². The number of Topliss-reactive ketones (excluding diaryl/α,β-unsaturated/α-hetero) is 1. The Hall–Kier alpha value is -4.38. The van der Waals surface area contributed by atoms with Crippen LogP contribution in [0.3, 0.4) is 0 Å². The molecule has 8 heteroatoms. The molecule has 0 saturated heterocycles. The smallest absolute Gasteiger partial charge is 0.231 e. The highest BCUT2D eigenvalue weighted by molar-refractivity contribution is 6.03. The second-order valence-electron chi connectivity index (χ2n) is 8.55.